The zero-order valence-corrected chi connectivity index (χ0v) is 61.6. The van der Waals surface area contributed by atoms with Crippen molar-refractivity contribution in [2.45, 2.75) is 431 Å². The number of likely N-dealkylation sites (N-methyl/N-ethyl adjacent to an activating group) is 1. The minimum atomic E-state index is -4.45. The average molecular weight is 1280 g/mol. The first-order valence-corrected chi connectivity index (χ1v) is 41.2. The van der Waals surface area contributed by atoms with Crippen molar-refractivity contribution in [1.82, 2.24) is 5.32 Å². The molecule has 0 aromatic rings. The van der Waals surface area contributed by atoms with E-state index < -0.39 is 20.0 Å². The number of carbonyl (C=O) groups is 2. The molecule has 3 unspecified atom stereocenters. The highest BCUT2D eigenvalue weighted by Gasteiger charge is 2.30. The molecule has 0 radical (unpaired) electrons. The molecule has 0 heterocycles. The third kappa shape index (κ3) is 70.6. The fourth-order valence-electron chi connectivity index (χ4n) is 12.3. The lowest BCUT2D eigenvalue weighted by atomic mass is 10.0. The zero-order valence-electron chi connectivity index (χ0n) is 60.7. The lowest BCUT2D eigenvalue weighted by molar-refractivity contribution is -0.870. The summed E-state index contributed by atoms with van der Waals surface area (Å²) >= 11 is 0. The van der Waals surface area contributed by atoms with E-state index in [1.54, 1.807) is 0 Å². The molecule has 3 atom stereocenters. The van der Waals surface area contributed by atoms with Gasteiger partial charge in [-0.3, -0.25) is 18.6 Å². The van der Waals surface area contributed by atoms with Gasteiger partial charge in [0, 0.05) is 12.8 Å². The highest BCUT2D eigenvalue weighted by atomic mass is 31.2. The Morgan fingerprint density at radius 3 is 0.955 bits per heavy atom. The predicted octanol–water partition coefficient (Wildman–Crippen LogP) is 25.6. The van der Waals surface area contributed by atoms with Crippen LogP contribution in [0.3, 0.4) is 0 Å². The van der Waals surface area contributed by atoms with E-state index in [9.17, 15) is 19.0 Å². The third-order valence-corrected chi connectivity index (χ3v) is 19.4. The Balaban J connectivity index is 4.94. The molecular weight excluding hydrogens is 1120 g/mol. The summed E-state index contributed by atoms with van der Waals surface area (Å²) in [6, 6.07) is -0.844. The van der Waals surface area contributed by atoms with Crippen molar-refractivity contribution in [1.29, 1.82) is 0 Å². The molecule has 89 heavy (non-hydrogen) atoms. The molecule has 0 aliphatic carbocycles. The minimum absolute atomic E-state index is 0.0451. The molecule has 528 valence electrons. The Labute approximate surface area is 555 Å². The van der Waals surface area contributed by atoms with E-state index in [1.807, 2.05) is 27.2 Å². The number of quaternary nitrogens is 1. The van der Waals surface area contributed by atoms with Gasteiger partial charge in [0.15, 0.2) is 0 Å². The number of phosphoric acid groups is 1. The lowest BCUT2D eigenvalue weighted by Crippen LogP contribution is -2.47. The van der Waals surface area contributed by atoms with Crippen molar-refractivity contribution in [3.8, 4) is 0 Å². The van der Waals surface area contributed by atoms with Crippen LogP contribution in [0.25, 0.3) is 0 Å². The predicted molar refractivity (Wildman–Crippen MR) is 388 cm³/mol. The Hall–Kier alpha value is -1.51. The molecule has 0 saturated carbocycles. The number of amides is 1. The van der Waals surface area contributed by atoms with E-state index in [4.69, 9.17) is 13.8 Å². The van der Waals surface area contributed by atoms with Crippen molar-refractivity contribution in [3.63, 3.8) is 0 Å². The smallest absolute Gasteiger partial charge is 0.456 e. The number of unbranched alkanes of at least 4 members (excludes halogenated alkanes) is 56. The van der Waals surface area contributed by atoms with Crippen LogP contribution in [0.4, 0.5) is 0 Å². The second-order valence-corrected chi connectivity index (χ2v) is 30.1. The van der Waals surface area contributed by atoms with Crippen molar-refractivity contribution in [2.24, 2.45) is 0 Å². The quantitative estimate of drug-likeness (QED) is 0.0205. The number of phosphoric ester groups is 1. The molecule has 0 aromatic carbocycles. The molecule has 0 aliphatic rings. The van der Waals surface area contributed by atoms with Crippen molar-refractivity contribution >= 4 is 19.7 Å². The number of esters is 1. The summed E-state index contributed by atoms with van der Waals surface area (Å²) in [5.41, 5.74) is 0. The molecule has 9 nitrogen and oxygen atoms in total. The zero-order chi connectivity index (χ0) is 64.9. The average Bonchev–Trinajstić information content (AvgIpc) is 3.54. The molecular formula is C79H156N2O7P+. The van der Waals surface area contributed by atoms with Gasteiger partial charge in [-0.25, -0.2) is 4.57 Å². The molecule has 0 fully saturated rings. The van der Waals surface area contributed by atoms with Crippen LogP contribution in [0.1, 0.15) is 419 Å². The van der Waals surface area contributed by atoms with Gasteiger partial charge in [-0.05, 0) is 57.4 Å². The van der Waals surface area contributed by atoms with Gasteiger partial charge in [0.25, 0.3) is 0 Å². The normalized spacial score (nSPS) is 13.5. The summed E-state index contributed by atoms with van der Waals surface area (Å²) < 4.78 is 31.0. The topological polar surface area (TPSA) is 111 Å². The summed E-state index contributed by atoms with van der Waals surface area (Å²) in [6.07, 6.45) is 86.4. The molecule has 0 aromatic heterocycles. The third-order valence-electron chi connectivity index (χ3n) is 18.4. The van der Waals surface area contributed by atoms with Gasteiger partial charge < -0.3 is 19.4 Å². The number of ether oxygens (including phenoxy) is 1. The Morgan fingerprint density at radius 2 is 0.652 bits per heavy atom. The number of hydrogen-bond acceptors (Lipinski definition) is 6. The first kappa shape index (κ1) is 87.5. The van der Waals surface area contributed by atoms with Gasteiger partial charge in [-0.15, -0.1) is 0 Å². The fraction of sp³-hybridized carbons (Fsp3) is 0.924. The number of nitrogens with one attached hydrogen (secondary N) is 1. The molecule has 0 spiro atoms. The monoisotopic (exact) mass is 1280 g/mol. The Morgan fingerprint density at radius 1 is 0.382 bits per heavy atom. The van der Waals surface area contributed by atoms with E-state index in [0.717, 1.165) is 57.8 Å². The van der Waals surface area contributed by atoms with E-state index in [-0.39, 0.29) is 25.1 Å². The van der Waals surface area contributed by atoms with Crippen LogP contribution in [0.2, 0.25) is 0 Å². The van der Waals surface area contributed by atoms with Crippen molar-refractivity contribution in [2.75, 3.05) is 40.9 Å². The lowest BCUT2D eigenvalue weighted by Gasteiger charge is -2.27. The summed E-state index contributed by atoms with van der Waals surface area (Å²) in [4.78, 5) is 38.0. The fourth-order valence-corrected chi connectivity index (χ4v) is 13.0. The standard InChI is InChI=1S/C79H155N2O7P/c1-7-10-13-16-19-22-25-28-30-32-34-36-38-40-42-44-46-48-50-53-56-59-62-65-68-71-78(82)80-76(75-87-89(84,85)86-74-73-81(4,5)6)77(70-67-64-61-58-55-52-27-24-21-18-15-12-9-3)88-79(83)72-69-66-63-60-57-54-51-49-47-45-43-41-39-37-35-33-31-29-26-23-20-17-14-11-8-2/h29,31,67,70,76-77H,7-28,30,32-66,68-69,71-75H2,1-6H3,(H-,80,82,84,85)/p+1/b31-29+,70-67+. The highest BCUT2D eigenvalue weighted by Crippen LogP contribution is 2.43. The number of carbonyl (C=O) groups excluding carboxylic acids is 2. The molecule has 0 aliphatic heterocycles. The van der Waals surface area contributed by atoms with E-state index >= 15 is 0 Å². The molecule has 0 rings (SSSR count). The van der Waals surface area contributed by atoms with Gasteiger partial charge in [0.05, 0.1) is 33.8 Å². The van der Waals surface area contributed by atoms with Crippen LogP contribution < -0.4 is 5.32 Å². The number of hydrogen-bond donors (Lipinski definition) is 2. The summed E-state index contributed by atoms with van der Waals surface area (Å²) in [7, 11) is 1.52. The highest BCUT2D eigenvalue weighted by molar-refractivity contribution is 7.47. The van der Waals surface area contributed by atoms with Crippen molar-refractivity contribution < 1.29 is 37.3 Å². The maximum Gasteiger partial charge on any atom is 0.472 e. The minimum Gasteiger partial charge on any atom is -0.456 e. The van der Waals surface area contributed by atoms with Crippen molar-refractivity contribution in [3.05, 3.63) is 24.3 Å². The van der Waals surface area contributed by atoms with Crippen LogP contribution in [-0.2, 0) is 27.9 Å². The van der Waals surface area contributed by atoms with Gasteiger partial charge in [-0.1, -0.05) is 373 Å². The van der Waals surface area contributed by atoms with Crippen LogP contribution in [0.15, 0.2) is 24.3 Å². The maximum atomic E-state index is 13.7. The summed E-state index contributed by atoms with van der Waals surface area (Å²) in [6.45, 7) is 7.10. The molecule has 2 N–H and O–H groups in total. The van der Waals surface area contributed by atoms with Crippen LogP contribution >= 0.6 is 7.82 Å². The Kier molecular flexibility index (Phi) is 68.1. The number of rotatable bonds is 74. The first-order chi connectivity index (χ1) is 43.4. The number of nitrogens with zero attached hydrogens (tertiary/aromatic N) is 1. The second-order valence-electron chi connectivity index (χ2n) is 28.6. The van der Waals surface area contributed by atoms with Crippen LogP contribution in [0, 0.1) is 0 Å². The molecule has 1 amide bonds. The van der Waals surface area contributed by atoms with E-state index in [2.05, 4.69) is 44.3 Å². The van der Waals surface area contributed by atoms with Gasteiger partial charge >= 0.3 is 13.8 Å². The van der Waals surface area contributed by atoms with E-state index in [1.165, 1.54) is 327 Å². The largest absolute Gasteiger partial charge is 0.472 e. The van der Waals surface area contributed by atoms with E-state index in [0.29, 0.717) is 23.9 Å². The maximum absolute atomic E-state index is 13.7. The SMILES string of the molecule is CCCCCCCC/C=C/CCCCCCCCCCCCCCCCCC(=O)OC(/C=C/CCCCCCCCCCCCC)C(COP(=O)(O)OCC[N+](C)(C)C)NC(=O)CCCCCCCCCCCCCCCCCCCCCCCCCCC. The first-order valence-electron chi connectivity index (χ1n) is 39.7. The van der Waals surface area contributed by atoms with Gasteiger partial charge in [0.1, 0.15) is 19.3 Å². The number of allylic oxidation sites excluding steroid dienone is 3. The van der Waals surface area contributed by atoms with Gasteiger partial charge in [-0.2, -0.15) is 0 Å². The van der Waals surface area contributed by atoms with Crippen LogP contribution in [-0.4, -0.2) is 74.3 Å². The molecule has 10 heteroatoms. The molecule has 0 bridgehead atoms. The molecule has 0 saturated heterocycles. The second kappa shape index (κ2) is 69.3. The summed E-state index contributed by atoms with van der Waals surface area (Å²) in [5.74, 6) is -0.476. The van der Waals surface area contributed by atoms with Gasteiger partial charge in [0.2, 0.25) is 5.91 Å². The van der Waals surface area contributed by atoms with Crippen LogP contribution in [0.5, 0.6) is 0 Å². The Bertz CT molecular complexity index is 1570. The summed E-state index contributed by atoms with van der Waals surface area (Å²) in [5, 5.41) is 3.09.